The van der Waals surface area contributed by atoms with Gasteiger partial charge in [0, 0.05) is 11.8 Å². The van der Waals surface area contributed by atoms with Gasteiger partial charge >= 0.3 is 5.97 Å². The first-order valence-electron chi connectivity index (χ1n) is 4.57. The molecule has 2 rings (SSSR count). The van der Waals surface area contributed by atoms with Gasteiger partial charge in [0.05, 0.1) is 6.42 Å². The number of pyridine rings is 1. The largest absolute Gasteiger partial charge is 0.481 e. The Kier molecular flexibility index (Phi) is 2.32. The number of carboxylic acid groups (broad SMARTS) is 1. The zero-order chi connectivity index (χ0) is 10.8. The Morgan fingerprint density at radius 2 is 2.47 bits per heavy atom. The second-order valence-electron chi connectivity index (χ2n) is 3.41. The van der Waals surface area contributed by atoms with Crippen LogP contribution >= 0.6 is 0 Å². The van der Waals surface area contributed by atoms with Crippen molar-refractivity contribution in [2.24, 2.45) is 0 Å². The van der Waals surface area contributed by atoms with Gasteiger partial charge in [-0.2, -0.15) is 0 Å². The zero-order valence-electron chi connectivity index (χ0n) is 8.16. The lowest BCUT2D eigenvalue weighted by Gasteiger charge is -2.08. The first kappa shape index (κ1) is 9.57. The minimum absolute atomic E-state index is 0.0759. The molecule has 2 aromatic rings. The highest BCUT2D eigenvalue weighted by molar-refractivity contribution is 5.68. The first-order valence-corrected chi connectivity index (χ1v) is 4.57. The second-order valence-corrected chi connectivity index (χ2v) is 3.41. The van der Waals surface area contributed by atoms with Gasteiger partial charge in [-0.3, -0.25) is 4.79 Å². The number of carboxylic acids is 1. The molecule has 0 spiro atoms. The monoisotopic (exact) mass is 206 g/mol. The van der Waals surface area contributed by atoms with Crippen LogP contribution in [0.4, 0.5) is 0 Å². The molecule has 2 heterocycles. The number of carbonyl (C=O) groups is 1. The van der Waals surface area contributed by atoms with Crippen molar-refractivity contribution in [2.75, 3.05) is 0 Å². The number of rotatable bonds is 3. The average molecular weight is 206 g/mol. The summed E-state index contributed by atoms with van der Waals surface area (Å²) in [6, 6.07) is 3.65. The summed E-state index contributed by atoms with van der Waals surface area (Å²) in [5.41, 5.74) is 1.47. The molecule has 0 amide bonds. The summed E-state index contributed by atoms with van der Waals surface area (Å²) in [6.07, 6.45) is 1.80. The van der Waals surface area contributed by atoms with Crippen molar-refractivity contribution in [3.8, 4) is 0 Å². The fourth-order valence-corrected chi connectivity index (χ4v) is 1.54. The maximum absolute atomic E-state index is 10.6. The van der Waals surface area contributed by atoms with Gasteiger partial charge in [-0.25, -0.2) is 4.52 Å². The predicted molar refractivity (Wildman–Crippen MR) is 51.4 cm³/mol. The van der Waals surface area contributed by atoms with E-state index in [1.54, 1.807) is 12.3 Å². The van der Waals surface area contributed by atoms with Crippen LogP contribution in [-0.4, -0.2) is 31.1 Å². The van der Waals surface area contributed by atoms with Crippen molar-refractivity contribution in [1.29, 1.82) is 0 Å². The van der Waals surface area contributed by atoms with Crippen molar-refractivity contribution >= 4 is 11.6 Å². The molecule has 0 saturated carbocycles. The molecule has 0 aliphatic rings. The van der Waals surface area contributed by atoms with Crippen molar-refractivity contribution in [1.82, 2.24) is 20.0 Å². The van der Waals surface area contributed by atoms with Crippen molar-refractivity contribution in [3.63, 3.8) is 0 Å². The van der Waals surface area contributed by atoms with E-state index in [2.05, 4.69) is 15.5 Å². The highest BCUT2D eigenvalue weighted by atomic mass is 16.4. The molecule has 1 N–H and O–H groups in total. The van der Waals surface area contributed by atoms with Crippen molar-refractivity contribution in [2.45, 2.75) is 19.3 Å². The summed E-state index contributed by atoms with van der Waals surface area (Å²) in [4.78, 5) is 10.6. The molecule has 0 aromatic carbocycles. The van der Waals surface area contributed by atoms with E-state index >= 15 is 0 Å². The summed E-state index contributed by atoms with van der Waals surface area (Å²) in [6.45, 7) is 1.85. The average Bonchev–Trinajstić information content (AvgIpc) is 2.63. The zero-order valence-corrected chi connectivity index (χ0v) is 8.16. The summed E-state index contributed by atoms with van der Waals surface area (Å²) in [5, 5.41) is 19.9. The number of hydrogen-bond donors (Lipinski definition) is 1. The molecular formula is C9H10N4O2. The van der Waals surface area contributed by atoms with Gasteiger partial charge in [0.1, 0.15) is 0 Å². The summed E-state index contributed by atoms with van der Waals surface area (Å²) >= 11 is 0. The Balaban J connectivity index is 2.42. The lowest BCUT2D eigenvalue weighted by molar-refractivity contribution is -0.137. The topological polar surface area (TPSA) is 80.4 Å². The van der Waals surface area contributed by atoms with Crippen LogP contribution in [0.1, 0.15) is 24.8 Å². The Bertz CT molecular complexity index is 494. The molecule has 0 bridgehead atoms. The quantitative estimate of drug-likeness (QED) is 0.799. The van der Waals surface area contributed by atoms with E-state index < -0.39 is 5.97 Å². The molecule has 1 atom stereocenters. The molecular weight excluding hydrogens is 196 g/mol. The number of aromatic nitrogens is 4. The van der Waals surface area contributed by atoms with Crippen molar-refractivity contribution < 1.29 is 9.90 Å². The normalized spacial score (nSPS) is 12.9. The molecule has 6 nitrogen and oxygen atoms in total. The number of aliphatic carboxylic acids is 1. The lowest BCUT2D eigenvalue weighted by Crippen LogP contribution is -2.04. The van der Waals surface area contributed by atoms with Crippen LogP contribution in [0.15, 0.2) is 18.3 Å². The smallest absolute Gasteiger partial charge is 0.303 e. The molecule has 2 aromatic heterocycles. The molecule has 15 heavy (non-hydrogen) atoms. The molecule has 0 saturated heterocycles. The van der Waals surface area contributed by atoms with Gasteiger partial charge in [0.25, 0.3) is 0 Å². The van der Waals surface area contributed by atoms with Gasteiger partial charge in [0.2, 0.25) is 0 Å². The van der Waals surface area contributed by atoms with Crippen LogP contribution in [0, 0.1) is 0 Å². The minimum atomic E-state index is -0.822. The summed E-state index contributed by atoms with van der Waals surface area (Å²) < 4.78 is 1.54. The molecule has 0 aliphatic carbocycles. The summed E-state index contributed by atoms with van der Waals surface area (Å²) in [5.74, 6) is -0.922. The molecule has 6 heteroatoms. The van der Waals surface area contributed by atoms with Crippen molar-refractivity contribution in [3.05, 3.63) is 23.9 Å². The van der Waals surface area contributed by atoms with E-state index in [4.69, 9.17) is 5.11 Å². The molecule has 78 valence electrons. The predicted octanol–water partition coefficient (Wildman–Crippen LogP) is 0.702. The van der Waals surface area contributed by atoms with Crippen LogP contribution in [-0.2, 0) is 4.79 Å². The van der Waals surface area contributed by atoms with Crippen LogP contribution in [0.3, 0.4) is 0 Å². The third-order valence-corrected chi connectivity index (χ3v) is 2.27. The standard InChI is InChI=1S/C9H10N4O2/c1-6(5-8(14)15)7-3-2-4-13-9(7)10-11-12-13/h2-4,6H,5H2,1H3,(H,14,15). The van der Waals surface area contributed by atoms with Gasteiger partial charge in [-0.15, -0.1) is 5.10 Å². The van der Waals surface area contributed by atoms with Gasteiger partial charge in [-0.1, -0.05) is 13.0 Å². The third kappa shape index (κ3) is 1.78. The molecule has 1 unspecified atom stereocenters. The Morgan fingerprint density at radius 3 is 3.20 bits per heavy atom. The van der Waals surface area contributed by atoms with E-state index in [9.17, 15) is 4.79 Å². The Hall–Kier alpha value is -1.98. The molecule has 0 fully saturated rings. The highest BCUT2D eigenvalue weighted by Crippen LogP contribution is 2.21. The number of hydrogen-bond acceptors (Lipinski definition) is 4. The van der Waals surface area contributed by atoms with E-state index in [1.807, 2.05) is 13.0 Å². The number of fused-ring (bicyclic) bond motifs is 1. The number of tetrazole rings is 1. The SMILES string of the molecule is CC(CC(=O)O)c1cccn2nnnc12. The summed E-state index contributed by atoms with van der Waals surface area (Å²) in [7, 11) is 0. The first-order chi connectivity index (χ1) is 7.18. The minimum Gasteiger partial charge on any atom is -0.481 e. The Labute approximate surface area is 85.5 Å². The number of nitrogens with zero attached hydrogens (tertiary/aromatic N) is 4. The van der Waals surface area contributed by atoms with E-state index in [0.29, 0.717) is 5.65 Å². The fraction of sp³-hybridized carbons (Fsp3) is 0.333. The van der Waals surface area contributed by atoms with Gasteiger partial charge < -0.3 is 5.11 Å². The van der Waals surface area contributed by atoms with E-state index in [-0.39, 0.29) is 12.3 Å². The maximum Gasteiger partial charge on any atom is 0.303 e. The fourth-order valence-electron chi connectivity index (χ4n) is 1.54. The maximum atomic E-state index is 10.6. The lowest BCUT2D eigenvalue weighted by atomic mass is 9.99. The van der Waals surface area contributed by atoms with E-state index in [1.165, 1.54) is 4.52 Å². The second kappa shape index (κ2) is 3.64. The van der Waals surface area contributed by atoms with Gasteiger partial charge in [0.15, 0.2) is 5.65 Å². The van der Waals surface area contributed by atoms with Crippen LogP contribution in [0.25, 0.3) is 5.65 Å². The molecule has 0 radical (unpaired) electrons. The van der Waals surface area contributed by atoms with Crippen LogP contribution < -0.4 is 0 Å². The highest BCUT2D eigenvalue weighted by Gasteiger charge is 2.14. The molecule has 0 aliphatic heterocycles. The third-order valence-electron chi connectivity index (χ3n) is 2.27. The van der Waals surface area contributed by atoms with Crippen LogP contribution in [0.5, 0.6) is 0 Å². The van der Waals surface area contributed by atoms with Crippen LogP contribution in [0.2, 0.25) is 0 Å². The Morgan fingerprint density at radius 1 is 1.67 bits per heavy atom. The van der Waals surface area contributed by atoms with E-state index in [0.717, 1.165) is 5.56 Å². The van der Waals surface area contributed by atoms with Gasteiger partial charge in [-0.05, 0) is 22.4 Å².